The maximum absolute atomic E-state index is 12.7. The first-order valence-corrected chi connectivity index (χ1v) is 7.32. The zero-order chi connectivity index (χ0) is 13.5. The summed E-state index contributed by atoms with van der Waals surface area (Å²) >= 11 is 0. The maximum atomic E-state index is 12.7. The van der Waals surface area contributed by atoms with Gasteiger partial charge in [-0.05, 0) is 54.2 Å². The van der Waals surface area contributed by atoms with E-state index in [0.29, 0.717) is 23.1 Å². The van der Waals surface area contributed by atoms with Crippen molar-refractivity contribution in [3.8, 4) is 0 Å². The van der Waals surface area contributed by atoms with Crippen LogP contribution in [0.1, 0.15) is 42.5 Å². The Morgan fingerprint density at radius 3 is 2.70 bits per heavy atom. The highest BCUT2D eigenvalue weighted by Gasteiger charge is 2.34. The van der Waals surface area contributed by atoms with Crippen molar-refractivity contribution in [1.82, 2.24) is 15.6 Å². The summed E-state index contributed by atoms with van der Waals surface area (Å²) in [7, 11) is 0. The third-order valence-electron chi connectivity index (χ3n) is 4.62. The molecule has 5 heteroatoms. The van der Waals surface area contributed by atoms with Crippen LogP contribution in [0.2, 0.25) is 0 Å². The SMILES string of the molecule is O=C(c1ccc2nonc2c1)C1CC2CCCC(C1)N2. The van der Waals surface area contributed by atoms with Gasteiger partial charge >= 0.3 is 0 Å². The van der Waals surface area contributed by atoms with E-state index in [9.17, 15) is 4.79 Å². The number of benzene rings is 1. The van der Waals surface area contributed by atoms with E-state index in [4.69, 9.17) is 0 Å². The van der Waals surface area contributed by atoms with Gasteiger partial charge in [-0.1, -0.05) is 6.42 Å². The molecule has 1 aromatic heterocycles. The quantitative estimate of drug-likeness (QED) is 0.849. The minimum absolute atomic E-state index is 0.142. The minimum Gasteiger partial charge on any atom is -0.311 e. The number of nitrogens with one attached hydrogen (secondary N) is 1. The Labute approximate surface area is 116 Å². The van der Waals surface area contributed by atoms with Crippen LogP contribution >= 0.6 is 0 Å². The van der Waals surface area contributed by atoms with Crippen molar-refractivity contribution in [3.63, 3.8) is 0 Å². The van der Waals surface area contributed by atoms with E-state index in [1.165, 1.54) is 19.3 Å². The van der Waals surface area contributed by atoms with Crippen LogP contribution in [0.4, 0.5) is 0 Å². The summed E-state index contributed by atoms with van der Waals surface area (Å²) in [4.78, 5) is 12.7. The average molecular weight is 271 g/mol. The highest BCUT2D eigenvalue weighted by Crippen LogP contribution is 2.32. The van der Waals surface area contributed by atoms with Crippen LogP contribution in [-0.4, -0.2) is 28.2 Å². The fraction of sp³-hybridized carbons (Fsp3) is 0.533. The van der Waals surface area contributed by atoms with Crippen LogP contribution in [0.5, 0.6) is 0 Å². The van der Waals surface area contributed by atoms with Gasteiger partial charge < -0.3 is 5.32 Å². The summed E-state index contributed by atoms with van der Waals surface area (Å²) in [5.41, 5.74) is 2.09. The van der Waals surface area contributed by atoms with Crippen LogP contribution in [0, 0.1) is 5.92 Å². The molecule has 3 heterocycles. The third kappa shape index (κ3) is 2.02. The van der Waals surface area contributed by atoms with Crippen molar-refractivity contribution in [2.75, 3.05) is 0 Å². The number of carbonyl (C=O) groups excluding carboxylic acids is 1. The first kappa shape index (κ1) is 12.0. The van der Waals surface area contributed by atoms with Gasteiger partial charge in [0.05, 0.1) is 0 Å². The van der Waals surface area contributed by atoms with Crippen LogP contribution in [0.15, 0.2) is 22.8 Å². The second kappa shape index (κ2) is 4.66. The standard InChI is InChI=1S/C15H17N3O2/c19-15(9-4-5-13-14(8-9)18-20-17-13)10-6-11-2-1-3-12(7-10)16-11/h4-5,8,10-12,16H,1-3,6-7H2. The van der Waals surface area contributed by atoms with Crippen molar-refractivity contribution in [1.29, 1.82) is 0 Å². The van der Waals surface area contributed by atoms with Crippen LogP contribution in [0.25, 0.3) is 11.0 Å². The Morgan fingerprint density at radius 2 is 1.90 bits per heavy atom. The van der Waals surface area contributed by atoms with Gasteiger partial charge in [-0.15, -0.1) is 0 Å². The van der Waals surface area contributed by atoms with E-state index in [-0.39, 0.29) is 11.7 Å². The number of carbonyl (C=O) groups is 1. The molecule has 2 bridgehead atoms. The highest BCUT2D eigenvalue weighted by atomic mass is 16.6. The van der Waals surface area contributed by atoms with E-state index in [1.54, 1.807) is 12.1 Å². The molecule has 1 aromatic carbocycles. The molecular weight excluding hydrogens is 254 g/mol. The van der Waals surface area contributed by atoms with E-state index in [0.717, 1.165) is 18.4 Å². The van der Waals surface area contributed by atoms with Gasteiger partial charge in [0, 0.05) is 23.6 Å². The monoisotopic (exact) mass is 271 g/mol. The smallest absolute Gasteiger partial charge is 0.166 e. The van der Waals surface area contributed by atoms with Gasteiger partial charge in [-0.3, -0.25) is 4.79 Å². The number of hydrogen-bond acceptors (Lipinski definition) is 5. The Morgan fingerprint density at radius 1 is 1.15 bits per heavy atom. The molecule has 5 nitrogen and oxygen atoms in total. The molecule has 0 radical (unpaired) electrons. The van der Waals surface area contributed by atoms with Gasteiger partial charge in [-0.25, -0.2) is 4.63 Å². The molecule has 2 aliphatic rings. The lowest BCUT2D eigenvalue weighted by Gasteiger charge is -2.39. The summed E-state index contributed by atoms with van der Waals surface area (Å²) in [5, 5.41) is 11.2. The Bertz CT molecular complexity index is 639. The van der Waals surface area contributed by atoms with E-state index in [2.05, 4.69) is 20.3 Å². The molecule has 20 heavy (non-hydrogen) atoms. The summed E-state index contributed by atoms with van der Waals surface area (Å²) in [6, 6.07) is 6.49. The number of nitrogens with zero attached hydrogens (tertiary/aromatic N) is 2. The van der Waals surface area contributed by atoms with Crippen LogP contribution < -0.4 is 5.32 Å². The predicted molar refractivity (Wildman–Crippen MR) is 73.4 cm³/mol. The third-order valence-corrected chi connectivity index (χ3v) is 4.62. The Balaban J connectivity index is 1.59. The summed E-state index contributed by atoms with van der Waals surface area (Å²) in [6.07, 6.45) is 5.62. The lowest BCUT2D eigenvalue weighted by atomic mass is 9.77. The summed E-state index contributed by atoms with van der Waals surface area (Å²) < 4.78 is 4.68. The minimum atomic E-state index is 0.142. The fourth-order valence-corrected chi connectivity index (χ4v) is 3.65. The number of rotatable bonds is 2. The molecule has 2 aliphatic heterocycles. The number of Topliss-reactive ketones (excluding diaryl/α,β-unsaturated/α-hetero) is 1. The van der Waals surface area contributed by atoms with Crippen molar-refractivity contribution in [2.24, 2.45) is 5.92 Å². The van der Waals surface area contributed by atoms with Gasteiger partial charge in [-0.2, -0.15) is 0 Å². The fourth-order valence-electron chi connectivity index (χ4n) is 3.65. The van der Waals surface area contributed by atoms with Crippen molar-refractivity contribution < 1.29 is 9.42 Å². The van der Waals surface area contributed by atoms with Crippen molar-refractivity contribution >= 4 is 16.8 Å². The first-order chi connectivity index (χ1) is 9.79. The summed E-state index contributed by atoms with van der Waals surface area (Å²) in [5.74, 6) is 0.386. The summed E-state index contributed by atoms with van der Waals surface area (Å²) in [6.45, 7) is 0. The molecule has 0 amide bonds. The molecule has 0 spiro atoms. The second-order valence-electron chi connectivity index (χ2n) is 5.99. The number of fused-ring (bicyclic) bond motifs is 3. The zero-order valence-electron chi connectivity index (χ0n) is 11.2. The molecule has 2 aromatic rings. The number of piperidine rings is 2. The predicted octanol–water partition coefficient (Wildman–Crippen LogP) is 2.33. The largest absolute Gasteiger partial charge is 0.311 e. The molecule has 104 valence electrons. The topological polar surface area (TPSA) is 68.0 Å². The first-order valence-electron chi connectivity index (χ1n) is 7.32. The van der Waals surface area contributed by atoms with Crippen LogP contribution in [-0.2, 0) is 0 Å². The van der Waals surface area contributed by atoms with E-state index >= 15 is 0 Å². The van der Waals surface area contributed by atoms with Crippen molar-refractivity contribution in [3.05, 3.63) is 23.8 Å². The molecule has 2 saturated heterocycles. The van der Waals surface area contributed by atoms with Gasteiger partial charge in [0.25, 0.3) is 0 Å². The molecule has 1 N–H and O–H groups in total. The van der Waals surface area contributed by atoms with Gasteiger partial charge in [0.2, 0.25) is 0 Å². The average Bonchev–Trinajstić information content (AvgIpc) is 2.93. The van der Waals surface area contributed by atoms with E-state index in [1.807, 2.05) is 6.07 Å². The Hall–Kier alpha value is -1.75. The van der Waals surface area contributed by atoms with Gasteiger partial charge in [0.1, 0.15) is 11.0 Å². The van der Waals surface area contributed by atoms with Gasteiger partial charge in [0.15, 0.2) is 5.78 Å². The van der Waals surface area contributed by atoms with E-state index < -0.39 is 0 Å². The number of aromatic nitrogens is 2. The van der Waals surface area contributed by atoms with Crippen molar-refractivity contribution in [2.45, 2.75) is 44.2 Å². The maximum Gasteiger partial charge on any atom is 0.166 e. The molecule has 2 unspecified atom stereocenters. The number of hydrogen-bond donors (Lipinski definition) is 1. The number of ketones is 1. The lowest BCUT2D eigenvalue weighted by Crippen LogP contribution is -2.50. The normalized spacial score (nSPS) is 29.5. The molecule has 0 saturated carbocycles. The highest BCUT2D eigenvalue weighted by molar-refractivity contribution is 6.00. The second-order valence-corrected chi connectivity index (χ2v) is 5.99. The van der Waals surface area contributed by atoms with Crippen LogP contribution in [0.3, 0.4) is 0 Å². The Kier molecular flexibility index (Phi) is 2.80. The molecular formula is C15H17N3O2. The molecule has 0 aliphatic carbocycles. The zero-order valence-corrected chi connectivity index (χ0v) is 11.2. The molecule has 2 fully saturated rings. The lowest BCUT2D eigenvalue weighted by molar-refractivity contribution is 0.0825. The molecule has 4 rings (SSSR count). The molecule has 2 atom stereocenters.